The zero-order valence-corrected chi connectivity index (χ0v) is 23.0. The van der Waals surface area contributed by atoms with Gasteiger partial charge in [0, 0.05) is 24.1 Å². The molecule has 0 aromatic heterocycles. The van der Waals surface area contributed by atoms with Crippen LogP contribution in [-0.2, 0) is 14.3 Å². The molecule has 7 N–H and O–H groups in total. The van der Waals surface area contributed by atoms with Crippen molar-refractivity contribution >= 4 is 11.9 Å². The maximum atomic E-state index is 12.5. The predicted molar refractivity (Wildman–Crippen MR) is 140 cm³/mol. The van der Waals surface area contributed by atoms with Crippen molar-refractivity contribution in [3.63, 3.8) is 0 Å². The number of ether oxygens (including phenoxy) is 1. The van der Waals surface area contributed by atoms with Gasteiger partial charge in [0.1, 0.15) is 6.10 Å². The zero-order valence-electron chi connectivity index (χ0n) is 23.0. The van der Waals surface area contributed by atoms with Gasteiger partial charge in [-0.2, -0.15) is 0 Å². The van der Waals surface area contributed by atoms with Crippen molar-refractivity contribution in [3.8, 4) is 0 Å². The van der Waals surface area contributed by atoms with Gasteiger partial charge in [0.25, 0.3) is 0 Å². The van der Waals surface area contributed by atoms with Crippen LogP contribution in [-0.4, -0.2) is 57.2 Å². The lowest BCUT2D eigenvalue weighted by atomic mass is 9.40. The molecule has 0 aliphatic heterocycles. The molecule has 4 aliphatic carbocycles. The second-order valence-electron chi connectivity index (χ2n) is 13.0. The molecule has 0 saturated heterocycles. The Bertz CT molecular complexity index is 1000. The van der Waals surface area contributed by atoms with Crippen LogP contribution >= 0.6 is 0 Å². The normalized spacial score (nSPS) is 46.2. The van der Waals surface area contributed by atoms with E-state index in [2.05, 4.69) is 13.8 Å². The van der Waals surface area contributed by atoms with Crippen LogP contribution in [0.3, 0.4) is 0 Å². The van der Waals surface area contributed by atoms with E-state index < -0.39 is 47.2 Å². The van der Waals surface area contributed by atoms with Crippen molar-refractivity contribution in [1.82, 2.24) is 0 Å². The Morgan fingerprint density at radius 3 is 2.38 bits per heavy atom. The molecule has 0 radical (unpaired) electrons. The van der Waals surface area contributed by atoms with Crippen molar-refractivity contribution in [1.29, 1.82) is 0 Å². The smallest absolute Gasteiger partial charge is 0.331 e. The van der Waals surface area contributed by atoms with E-state index in [1.54, 1.807) is 0 Å². The quantitative estimate of drug-likeness (QED) is 0.211. The minimum atomic E-state index is -0.987. The van der Waals surface area contributed by atoms with E-state index in [0.29, 0.717) is 56.1 Å². The van der Waals surface area contributed by atoms with E-state index in [9.17, 15) is 24.9 Å². The topological polar surface area (TPSA) is 156 Å². The Morgan fingerprint density at radius 1 is 1.11 bits per heavy atom. The molecule has 0 heterocycles. The highest BCUT2D eigenvalue weighted by Gasteiger charge is 2.69. The molecule has 4 fully saturated rings. The van der Waals surface area contributed by atoms with Crippen molar-refractivity contribution in [3.05, 3.63) is 22.8 Å². The highest BCUT2D eigenvalue weighted by atomic mass is 16.5. The minimum Gasteiger partial charge on any atom is -0.478 e. The molecule has 0 spiro atoms. The Labute approximate surface area is 220 Å². The molecule has 4 aliphatic rings. The van der Waals surface area contributed by atoms with E-state index >= 15 is 0 Å². The number of aliphatic hydroxyl groups excluding tert-OH is 2. The number of aliphatic carboxylic acids is 1. The molecule has 0 amide bonds. The number of esters is 1. The Balaban J connectivity index is 1.79. The van der Waals surface area contributed by atoms with Crippen LogP contribution < -0.4 is 11.5 Å². The van der Waals surface area contributed by atoms with Crippen molar-refractivity contribution < 1.29 is 29.6 Å². The maximum Gasteiger partial charge on any atom is 0.331 e. The first-order valence-corrected chi connectivity index (χ1v) is 13.8. The molecule has 0 aromatic carbocycles. The van der Waals surface area contributed by atoms with Gasteiger partial charge >= 0.3 is 11.9 Å². The fourth-order valence-corrected chi connectivity index (χ4v) is 8.98. The molecular formula is C29H46N2O6. The molecule has 4 saturated carbocycles. The van der Waals surface area contributed by atoms with Crippen LogP contribution in [0.15, 0.2) is 22.8 Å². The number of carboxylic acid groups (broad SMARTS) is 1. The van der Waals surface area contributed by atoms with E-state index in [1.165, 1.54) is 6.92 Å². The molecule has 1 unspecified atom stereocenters. The van der Waals surface area contributed by atoms with Gasteiger partial charge < -0.3 is 31.5 Å². The monoisotopic (exact) mass is 518 g/mol. The number of fused-ring (bicyclic) bond motifs is 5. The summed E-state index contributed by atoms with van der Waals surface area (Å²) in [5.74, 6) is -1.70. The molecule has 0 aromatic rings. The van der Waals surface area contributed by atoms with Crippen molar-refractivity contribution in [2.24, 2.45) is 40.1 Å². The molecule has 10 atom stereocenters. The van der Waals surface area contributed by atoms with Gasteiger partial charge in [-0.3, -0.25) is 4.79 Å². The SMILES string of the molecule is CC(=O)O[C@H]1C[C@]2(C)C3CC[C@@]4(N)[C@H](N)[C@H](O)CC[C@]4(C)[C@@H]3[C@H](O)C[C@H]2/C1=C(\CCC=C(C)C)C(=O)O. The first-order valence-electron chi connectivity index (χ1n) is 13.8. The van der Waals surface area contributed by atoms with Gasteiger partial charge in [-0.05, 0) is 99.4 Å². The second-order valence-corrected chi connectivity index (χ2v) is 13.0. The van der Waals surface area contributed by atoms with Crippen LogP contribution in [0.4, 0.5) is 0 Å². The van der Waals surface area contributed by atoms with E-state index in [1.807, 2.05) is 19.9 Å². The summed E-state index contributed by atoms with van der Waals surface area (Å²) in [7, 11) is 0. The van der Waals surface area contributed by atoms with Crippen molar-refractivity contribution in [2.45, 2.75) is 116 Å². The van der Waals surface area contributed by atoms with Crippen molar-refractivity contribution in [2.75, 3.05) is 0 Å². The van der Waals surface area contributed by atoms with Crippen LogP contribution in [0.5, 0.6) is 0 Å². The molecule has 208 valence electrons. The molecular weight excluding hydrogens is 472 g/mol. The van der Waals surface area contributed by atoms with E-state index in [0.717, 1.165) is 12.0 Å². The lowest BCUT2D eigenvalue weighted by Gasteiger charge is -2.67. The molecule has 8 heteroatoms. The third kappa shape index (κ3) is 4.38. The van der Waals surface area contributed by atoms with Gasteiger partial charge in [0.05, 0.1) is 12.2 Å². The van der Waals surface area contributed by atoms with Crippen LogP contribution in [0.25, 0.3) is 0 Å². The lowest BCUT2D eigenvalue weighted by Crippen LogP contribution is -2.77. The molecule has 8 nitrogen and oxygen atoms in total. The number of carbonyl (C=O) groups is 2. The minimum absolute atomic E-state index is 0.0637. The largest absolute Gasteiger partial charge is 0.478 e. The number of carbonyl (C=O) groups excluding carboxylic acids is 1. The van der Waals surface area contributed by atoms with Gasteiger partial charge in [0.15, 0.2) is 0 Å². The summed E-state index contributed by atoms with van der Waals surface area (Å²) in [4.78, 5) is 24.7. The predicted octanol–water partition coefficient (Wildman–Crippen LogP) is 3.05. The van der Waals surface area contributed by atoms with Gasteiger partial charge in [0.2, 0.25) is 0 Å². The zero-order chi connectivity index (χ0) is 27.5. The molecule has 4 rings (SSSR count). The van der Waals surface area contributed by atoms with Gasteiger partial charge in [-0.1, -0.05) is 25.5 Å². The summed E-state index contributed by atoms with van der Waals surface area (Å²) in [5.41, 5.74) is 14.0. The highest BCUT2D eigenvalue weighted by molar-refractivity contribution is 5.88. The summed E-state index contributed by atoms with van der Waals surface area (Å²) >= 11 is 0. The number of carboxylic acids is 1. The number of allylic oxidation sites excluding steroid dienone is 2. The summed E-state index contributed by atoms with van der Waals surface area (Å²) < 4.78 is 5.80. The maximum absolute atomic E-state index is 12.5. The summed E-state index contributed by atoms with van der Waals surface area (Å²) in [6, 6.07) is -0.563. The number of rotatable bonds is 5. The fraction of sp³-hybridized carbons (Fsp3) is 0.793. The third-order valence-corrected chi connectivity index (χ3v) is 10.8. The average Bonchev–Trinajstić information content (AvgIpc) is 3.06. The van der Waals surface area contributed by atoms with Crippen LogP contribution in [0.1, 0.15) is 86.0 Å². The standard InChI is InChI=1S/C29H46N2O6/c1-15(2)7-6-8-17(26(35)36)23-19-13-21(34)24-18(27(19,4)14-22(23)37-16(3)32)9-12-29(31)25(30)20(33)10-11-28(24,29)5/h7,18-22,24-25,33-34H,6,8-14,30-31H2,1-5H3,(H,35,36)/b23-17-/t18?,19-,20+,21+,22-,24-,25+,27+,28+,29+/m0/s1. The summed E-state index contributed by atoms with van der Waals surface area (Å²) in [5, 5.41) is 32.6. The Hall–Kier alpha value is -1.74. The second kappa shape index (κ2) is 9.78. The summed E-state index contributed by atoms with van der Waals surface area (Å²) in [6.07, 6.45) is 4.48. The first-order chi connectivity index (χ1) is 17.2. The first kappa shape index (κ1) is 28.3. The number of hydrogen-bond donors (Lipinski definition) is 5. The Morgan fingerprint density at radius 2 is 1.78 bits per heavy atom. The van der Waals surface area contributed by atoms with Gasteiger partial charge in [-0.15, -0.1) is 0 Å². The fourth-order valence-electron chi connectivity index (χ4n) is 8.98. The van der Waals surface area contributed by atoms with Gasteiger partial charge in [-0.25, -0.2) is 4.79 Å². The third-order valence-electron chi connectivity index (χ3n) is 10.8. The van der Waals surface area contributed by atoms with Crippen LogP contribution in [0, 0.1) is 28.6 Å². The lowest BCUT2D eigenvalue weighted by molar-refractivity contribution is -0.190. The molecule has 37 heavy (non-hydrogen) atoms. The number of aliphatic hydroxyl groups is 2. The summed E-state index contributed by atoms with van der Waals surface area (Å²) in [6.45, 7) is 9.64. The van der Waals surface area contributed by atoms with E-state index in [4.69, 9.17) is 16.2 Å². The number of nitrogens with two attached hydrogens (primary N) is 2. The van der Waals surface area contributed by atoms with E-state index in [-0.39, 0.29) is 23.2 Å². The Kier molecular flexibility index (Phi) is 7.47. The number of hydrogen-bond acceptors (Lipinski definition) is 7. The average molecular weight is 519 g/mol. The highest BCUT2D eigenvalue weighted by Crippen LogP contribution is 2.69. The van der Waals surface area contributed by atoms with Crippen LogP contribution in [0.2, 0.25) is 0 Å². The molecule has 0 bridgehead atoms.